The summed E-state index contributed by atoms with van der Waals surface area (Å²) in [4.78, 5) is 41.2. The molecule has 8 heteroatoms. The molecule has 0 radical (unpaired) electrons. The standard InChI is InChI=1S/C22H24N4O4/c1-15-14-16(6-7-18(15)25-10-12-30-13-11-25)23-20(27)8-9-26-19-5-3-2-4-17(19)21(28)24-22(26)29/h2-7,14H,8-13H2,1H3,(H,23,27)(H,24,28,29). The number of fused-ring (bicyclic) bond motifs is 1. The van der Waals surface area contributed by atoms with Gasteiger partial charge in [0.1, 0.15) is 0 Å². The van der Waals surface area contributed by atoms with Gasteiger partial charge in [0.05, 0.1) is 24.1 Å². The second kappa shape index (κ2) is 8.54. The van der Waals surface area contributed by atoms with E-state index in [0.29, 0.717) is 16.6 Å². The molecule has 0 unspecified atom stereocenters. The van der Waals surface area contributed by atoms with Crippen molar-refractivity contribution in [1.82, 2.24) is 9.55 Å². The van der Waals surface area contributed by atoms with Crippen molar-refractivity contribution in [3.05, 3.63) is 68.9 Å². The van der Waals surface area contributed by atoms with E-state index in [2.05, 4.69) is 15.2 Å². The first-order valence-electron chi connectivity index (χ1n) is 9.98. The summed E-state index contributed by atoms with van der Waals surface area (Å²) in [6, 6.07) is 12.7. The highest BCUT2D eigenvalue weighted by Crippen LogP contribution is 2.24. The van der Waals surface area contributed by atoms with Crippen LogP contribution >= 0.6 is 0 Å². The predicted molar refractivity (Wildman–Crippen MR) is 116 cm³/mol. The first-order chi connectivity index (χ1) is 14.5. The number of benzene rings is 2. The van der Waals surface area contributed by atoms with Gasteiger partial charge >= 0.3 is 5.69 Å². The van der Waals surface area contributed by atoms with Crippen LogP contribution in [-0.2, 0) is 16.1 Å². The SMILES string of the molecule is Cc1cc(NC(=O)CCn2c(=O)[nH]c(=O)c3ccccc32)ccc1N1CCOCC1. The number of hydrogen-bond donors (Lipinski definition) is 2. The number of aromatic nitrogens is 2. The highest BCUT2D eigenvalue weighted by atomic mass is 16.5. The summed E-state index contributed by atoms with van der Waals surface area (Å²) in [6.07, 6.45) is 0.111. The number of rotatable bonds is 5. The third-order valence-corrected chi connectivity index (χ3v) is 5.30. The molecular formula is C22H24N4O4. The van der Waals surface area contributed by atoms with Crippen LogP contribution in [0.5, 0.6) is 0 Å². The maximum atomic E-state index is 12.5. The fourth-order valence-electron chi connectivity index (χ4n) is 3.79. The highest BCUT2D eigenvalue weighted by Gasteiger charge is 2.14. The lowest BCUT2D eigenvalue weighted by molar-refractivity contribution is -0.116. The highest BCUT2D eigenvalue weighted by molar-refractivity contribution is 5.91. The Bertz CT molecular complexity index is 1190. The van der Waals surface area contributed by atoms with E-state index < -0.39 is 11.2 Å². The number of ether oxygens (including phenoxy) is 1. The van der Waals surface area contributed by atoms with Crippen molar-refractivity contribution in [3.8, 4) is 0 Å². The summed E-state index contributed by atoms with van der Waals surface area (Å²) in [6.45, 7) is 5.34. The molecule has 30 heavy (non-hydrogen) atoms. The quantitative estimate of drug-likeness (QED) is 0.672. The second-order valence-electron chi connectivity index (χ2n) is 7.33. The van der Waals surface area contributed by atoms with Crippen molar-refractivity contribution >= 4 is 28.2 Å². The van der Waals surface area contributed by atoms with Crippen LogP contribution in [0.3, 0.4) is 0 Å². The largest absolute Gasteiger partial charge is 0.378 e. The molecule has 4 rings (SSSR count). The molecule has 156 valence electrons. The van der Waals surface area contributed by atoms with Gasteiger partial charge in [0.25, 0.3) is 5.56 Å². The van der Waals surface area contributed by atoms with Crippen LogP contribution < -0.4 is 21.5 Å². The number of H-pyrrole nitrogens is 1. The third-order valence-electron chi connectivity index (χ3n) is 5.30. The molecule has 1 amide bonds. The van der Waals surface area contributed by atoms with Crippen LogP contribution in [0.25, 0.3) is 10.9 Å². The fraction of sp³-hybridized carbons (Fsp3) is 0.318. The molecule has 1 aliphatic heterocycles. The summed E-state index contributed by atoms with van der Waals surface area (Å²) >= 11 is 0. The van der Waals surface area contributed by atoms with Crippen molar-refractivity contribution in [2.75, 3.05) is 36.5 Å². The minimum Gasteiger partial charge on any atom is -0.378 e. The summed E-state index contributed by atoms with van der Waals surface area (Å²) in [5.41, 5.74) is 2.52. The maximum absolute atomic E-state index is 12.5. The number of aromatic amines is 1. The van der Waals surface area contributed by atoms with Gasteiger partial charge in [-0.3, -0.25) is 19.1 Å². The molecule has 1 fully saturated rings. The third kappa shape index (κ3) is 4.13. The number of morpholine rings is 1. The lowest BCUT2D eigenvalue weighted by Gasteiger charge is -2.30. The molecule has 1 saturated heterocycles. The predicted octanol–water partition coefficient (Wildman–Crippen LogP) is 1.86. The van der Waals surface area contributed by atoms with Crippen LogP contribution in [0.2, 0.25) is 0 Å². The first-order valence-corrected chi connectivity index (χ1v) is 9.98. The Labute approximate surface area is 173 Å². The van der Waals surface area contributed by atoms with Crippen molar-refractivity contribution in [1.29, 1.82) is 0 Å². The molecule has 2 aromatic carbocycles. The average molecular weight is 408 g/mol. The Morgan fingerprint density at radius 2 is 1.90 bits per heavy atom. The van der Waals surface area contributed by atoms with Gasteiger partial charge in [0, 0.05) is 37.4 Å². The van der Waals surface area contributed by atoms with Gasteiger partial charge in [0.2, 0.25) is 5.91 Å². The minimum absolute atomic E-state index is 0.111. The van der Waals surface area contributed by atoms with Crippen LogP contribution in [0.1, 0.15) is 12.0 Å². The van der Waals surface area contributed by atoms with Crippen molar-refractivity contribution in [2.24, 2.45) is 0 Å². The lowest BCUT2D eigenvalue weighted by atomic mass is 10.1. The number of carbonyl (C=O) groups is 1. The molecule has 0 spiro atoms. The Balaban J connectivity index is 1.45. The Morgan fingerprint density at radius 3 is 2.67 bits per heavy atom. The Kier molecular flexibility index (Phi) is 5.67. The van der Waals surface area contributed by atoms with Crippen molar-refractivity contribution in [3.63, 3.8) is 0 Å². The van der Waals surface area contributed by atoms with E-state index in [1.54, 1.807) is 24.3 Å². The van der Waals surface area contributed by atoms with Gasteiger partial charge in [0.15, 0.2) is 0 Å². The molecule has 0 aliphatic carbocycles. The zero-order valence-electron chi connectivity index (χ0n) is 16.8. The summed E-state index contributed by atoms with van der Waals surface area (Å²) in [7, 11) is 0. The molecule has 1 aromatic heterocycles. The summed E-state index contributed by atoms with van der Waals surface area (Å²) < 4.78 is 6.82. The summed E-state index contributed by atoms with van der Waals surface area (Å²) in [5.74, 6) is -0.198. The lowest BCUT2D eigenvalue weighted by Crippen LogP contribution is -2.36. The van der Waals surface area contributed by atoms with Crippen LogP contribution in [0.4, 0.5) is 11.4 Å². The normalized spacial score (nSPS) is 14.1. The number of anilines is 2. The van der Waals surface area contributed by atoms with Gasteiger partial charge in [-0.25, -0.2) is 4.79 Å². The van der Waals surface area contributed by atoms with Crippen molar-refractivity contribution in [2.45, 2.75) is 19.9 Å². The molecule has 3 aromatic rings. The Hall–Kier alpha value is -3.39. The van der Waals surface area contributed by atoms with E-state index in [9.17, 15) is 14.4 Å². The van der Waals surface area contributed by atoms with Gasteiger partial charge < -0.3 is 15.0 Å². The monoisotopic (exact) mass is 408 g/mol. The molecular weight excluding hydrogens is 384 g/mol. The maximum Gasteiger partial charge on any atom is 0.328 e. The fourth-order valence-corrected chi connectivity index (χ4v) is 3.79. The number of nitrogens with one attached hydrogen (secondary N) is 2. The number of amides is 1. The second-order valence-corrected chi connectivity index (χ2v) is 7.33. The van der Waals surface area contributed by atoms with E-state index in [1.807, 2.05) is 25.1 Å². The van der Waals surface area contributed by atoms with E-state index in [0.717, 1.165) is 37.6 Å². The van der Waals surface area contributed by atoms with Crippen LogP contribution in [-0.4, -0.2) is 41.8 Å². The number of carbonyl (C=O) groups excluding carboxylic acids is 1. The van der Waals surface area contributed by atoms with Crippen LogP contribution in [0, 0.1) is 6.92 Å². The molecule has 0 atom stereocenters. The molecule has 0 saturated carbocycles. The van der Waals surface area contributed by atoms with E-state index in [1.165, 1.54) is 4.57 Å². The number of aryl methyl sites for hydroxylation is 2. The van der Waals surface area contributed by atoms with Crippen LogP contribution in [0.15, 0.2) is 52.1 Å². The topological polar surface area (TPSA) is 96.4 Å². The smallest absolute Gasteiger partial charge is 0.328 e. The molecule has 8 nitrogen and oxygen atoms in total. The van der Waals surface area contributed by atoms with E-state index >= 15 is 0 Å². The minimum atomic E-state index is -0.516. The molecule has 2 N–H and O–H groups in total. The Morgan fingerprint density at radius 1 is 1.13 bits per heavy atom. The first kappa shape index (κ1) is 19.9. The summed E-state index contributed by atoms with van der Waals surface area (Å²) in [5, 5.41) is 3.32. The number of hydrogen-bond acceptors (Lipinski definition) is 5. The number of para-hydroxylation sites is 1. The van der Waals surface area contributed by atoms with E-state index in [-0.39, 0.29) is 18.9 Å². The molecule has 0 bridgehead atoms. The average Bonchev–Trinajstić information content (AvgIpc) is 2.74. The van der Waals surface area contributed by atoms with Gasteiger partial charge in [-0.2, -0.15) is 0 Å². The van der Waals surface area contributed by atoms with E-state index in [4.69, 9.17) is 4.74 Å². The van der Waals surface area contributed by atoms with Crippen molar-refractivity contribution < 1.29 is 9.53 Å². The molecule has 2 heterocycles. The molecule has 1 aliphatic rings. The van der Waals surface area contributed by atoms with Gasteiger partial charge in [-0.1, -0.05) is 12.1 Å². The zero-order chi connectivity index (χ0) is 21.1. The number of nitrogens with zero attached hydrogens (tertiary/aromatic N) is 2. The van der Waals surface area contributed by atoms with Gasteiger partial charge in [-0.05, 0) is 42.8 Å². The van der Waals surface area contributed by atoms with Gasteiger partial charge in [-0.15, -0.1) is 0 Å². The zero-order valence-corrected chi connectivity index (χ0v) is 16.8.